The highest BCUT2D eigenvalue weighted by molar-refractivity contribution is 6.37. The Morgan fingerprint density at radius 1 is 0.754 bits per heavy atom. The molecule has 2 aromatic rings. The Balaban J connectivity index is 1.15. The van der Waals surface area contributed by atoms with Crippen LogP contribution in [0.1, 0.15) is 126 Å². The van der Waals surface area contributed by atoms with Crippen LogP contribution in [0.3, 0.4) is 0 Å². The van der Waals surface area contributed by atoms with Gasteiger partial charge in [-0.3, -0.25) is 28.9 Å². The van der Waals surface area contributed by atoms with E-state index in [0.29, 0.717) is 44.3 Å². The van der Waals surface area contributed by atoms with Crippen LogP contribution in [0.25, 0.3) is 10.8 Å². The van der Waals surface area contributed by atoms with Gasteiger partial charge in [-0.05, 0) is 99.7 Å². The van der Waals surface area contributed by atoms with Crippen LogP contribution in [0.15, 0.2) is 42.5 Å². The number of unbranched alkanes of at least 4 members (excludes halogenated alkanes) is 1. The van der Waals surface area contributed by atoms with Gasteiger partial charge in [0.2, 0.25) is 17.6 Å². The number of hydrogen-bond acceptors (Lipinski definition) is 7. The fraction of sp³-hybridized carbons (Fsp3) is 0.636. The topological polar surface area (TPSA) is 183 Å². The number of urea groups is 1. The Morgan fingerprint density at radius 2 is 1.44 bits per heavy atom. The van der Waals surface area contributed by atoms with Crippen molar-refractivity contribution in [1.29, 1.82) is 0 Å². The van der Waals surface area contributed by atoms with Crippen molar-refractivity contribution in [2.24, 2.45) is 11.7 Å². The maximum absolute atomic E-state index is 14.8. The van der Waals surface area contributed by atoms with Gasteiger partial charge in [0.1, 0.15) is 12.1 Å². The fourth-order valence-electron chi connectivity index (χ4n) is 9.47. The summed E-state index contributed by atoms with van der Waals surface area (Å²) < 4.78 is 0. The molecule has 13 nitrogen and oxygen atoms in total. The van der Waals surface area contributed by atoms with Gasteiger partial charge in [0.25, 0.3) is 11.8 Å². The molecule has 2 heterocycles. The van der Waals surface area contributed by atoms with E-state index in [2.05, 4.69) is 26.2 Å². The molecule has 310 valence electrons. The number of nitrogens with zero attached hydrogens (tertiary/aromatic N) is 2. The van der Waals surface area contributed by atoms with Crippen LogP contribution in [-0.2, 0) is 19.2 Å². The third-order valence-corrected chi connectivity index (χ3v) is 12.7. The highest BCUT2D eigenvalue weighted by atomic mass is 16.2. The molecule has 13 heteroatoms. The molecule has 2 aromatic carbocycles. The minimum absolute atomic E-state index is 0.0624. The van der Waals surface area contributed by atoms with E-state index in [1.54, 1.807) is 11.0 Å². The number of nitrogens with one attached hydrogen (secondary N) is 4. The van der Waals surface area contributed by atoms with Crippen molar-refractivity contribution in [3.63, 3.8) is 0 Å². The lowest BCUT2D eigenvalue weighted by atomic mass is 9.84. The Bertz CT molecular complexity index is 1720. The van der Waals surface area contributed by atoms with Gasteiger partial charge in [0.15, 0.2) is 0 Å². The van der Waals surface area contributed by atoms with E-state index < -0.39 is 35.7 Å². The summed E-state index contributed by atoms with van der Waals surface area (Å²) in [5.41, 5.74) is 5.92. The predicted octanol–water partition coefficient (Wildman–Crippen LogP) is 4.71. The lowest BCUT2D eigenvalue weighted by molar-refractivity contribution is -0.142. The van der Waals surface area contributed by atoms with Gasteiger partial charge >= 0.3 is 6.03 Å². The van der Waals surface area contributed by atoms with E-state index in [9.17, 15) is 28.8 Å². The van der Waals surface area contributed by atoms with Crippen molar-refractivity contribution in [3.05, 3.63) is 48.0 Å². The van der Waals surface area contributed by atoms with Crippen LogP contribution < -0.4 is 27.0 Å². The zero-order valence-electron chi connectivity index (χ0n) is 33.5. The molecule has 1 unspecified atom stereocenters. The van der Waals surface area contributed by atoms with Crippen LogP contribution in [0.2, 0.25) is 0 Å². The standard InChI is InChI=1S/C44H63N7O6/c45-40(53)39(52)36(20-10-11-23-46-44(57)47-34-18-6-2-7-19-34)48-42(55)38-28-35(50-24-12-3-13-25-50)29-51(38)43(56)37(26-30-14-4-1-5-15-30)49-41(54)33-22-21-31-16-8-9-17-32(31)27-33/h8-9,16-17,21-22,27,30,34-38H,1-7,10-15,18-20,23-26,28-29H2,(H2,45,53)(H,48,55)(H,49,54)(H2,46,47,57)/t35-,36?,37-,38+/m1/s1. The van der Waals surface area contributed by atoms with Gasteiger partial charge in [-0.2, -0.15) is 0 Å². The summed E-state index contributed by atoms with van der Waals surface area (Å²) in [6.07, 6.45) is 15.9. The summed E-state index contributed by atoms with van der Waals surface area (Å²) in [5, 5.41) is 13.8. The highest BCUT2D eigenvalue weighted by Crippen LogP contribution is 2.31. The van der Waals surface area contributed by atoms with Crippen LogP contribution >= 0.6 is 0 Å². The van der Waals surface area contributed by atoms with Crippen molar-refractivity contribution >= 4 is 46.2 Å². The maximum Gasteiger partial charge on any atom is 0.315 e. The summed E-state index contributed by atoms with van der Waals surface area (Å²) >= 11 is 0. The first-order valence-corrected chi connectivity index (χ1v) is 21.7. The molecule has 2 aliphatic carbocycles. The van der Waals surface area contributed by atoms with Crippen molar-refractivity contribution in [3.8, 4) is 0 Å². The zero-order chi connectivity index (χ0) is 40.1. The van der Waals surface area contributed by atoms with E-state index in [1.807, 2.05) is 36.4 Å². The third kappa shape index (κ3) is 11.8. The molecule has 2 aliphatic heterocycles. The number of fused-ring (bicyclic) bond motifs is 1. The van der Waals surface area contributed by atoms with Crippen LogP contribution in [0, 0.1) is 5.92 Å². The number of hydrogen-bond donors (Lipinski definition) is 5. The minimum Gasteiger partial charge on any atom is -0.363 e. The van der Waals surface area contributed by atoms with E-state index in [-0.39, 0.29) is 42.3 Å². The largest absolute Gasteiger partial charge is 0.363 e. The molecule has 0 radical (unpaired) electrons. The van der Waals surface area contributed by atoms with Crippen molar-refractivity contribution in [2.45, 2.75) is 146 Å². The molecule has 0 spiro atoms. The van der Waals surface area contributed by atoms with Gasteiger partial charge in [0, 0.05) is 30.7 Å². The lowest BCUT2D eigenvalue weighted by Gasteiger charge is -2.33. The third-order valence-electron chi connectivity index (χ3n) is 12.7. The summed E-state index contributed by atoms with van der Waals surface area (Å²) in [4.78, 5) is 84.6. The number of rotatable bonds is 16. The monoisotopic (exact) mass is 785 g/mol. The van der Waals surface area contributed by atoms with E-state index in [0.717, 1.165) is 101 Å². The van der Waals surface area contributed by atoms with Gasteiger partial charge in [0.05, 0.1) is 6.04 Å². The molecular weight excluding hydrogens is 723 g/mol. The molecule has 6 N–H and O–H groups in total. The molecule has 0 aromatic heterocycles. The number of piperidine rings is 1. The SMILES string of the molecule is NC(=O)C(=O)C(CCCCNC(=O)NC1CCCCC1)NC(=O)[C@@H]1C[C@@H](N2CCCCC2)CN1C(=O)[C@@H](CC1CCCCC1)NC(=O)c1ccc2ccccc2c1. The molecule has 6 amide bonds. The second kappa shape index (κ2) is 20.8. The smallest absolute Gasteiger partial charge is 0.315 e. The number of carbonyl (C=O) groups is 6. The Labute approximate surface area is 337 Å². The molecule has 2 saturated heterocycles. The van der Waals surface area contributed by atoms with Gasteiger partial charge in [-0.15, -0.1) is 0 Å². The highest BCUT2D eigenvalue weighted by Gasteiger charge is 2.45. The number of benzene rings is 2. The molecule has 0 bridgehead atoms. The van der Waals surface area contributed by atoms with Crippen LogP contribution in [-0.4, -0.2) is 102 Å². The fourth-order valence-corrected chi connectivity index (χ4v) is 9.47. The molecule has 4 fully saturated rings. The summed E-state index contributed by atoms with van der Waals surface area (Å²) in [5.74, 6) is -2.92. The first kappa shape index (κ1) is 42.1. The quantitative estimate of drug-likeness (QED) is 0.121. The molecule has 57 heavy (non-hydrogen) atoms. The number of amides is 6. The zero-order valence-corrected chi connectivity index (χ0v) is 33.5. The number of carbonyl (C=O) groups excluding carboxylic acids is 6. The van der Waals surface area contributed by atoms with E-state index in [4.69, 9.17) is 5.73 Å². The molecular formula is C44H63N7O6. The number of ketones is 1. The second-order valence-corrected chi connectivity index (χ2v) is 16.8. The van der Waals surface area contributed by atoms with Crippen molar-refractivity contribution in [1.82, 2.24) is 31.1 Å². The second-order valence-electron chi connectivity index (χ2n) is 16.8. The Kier molecular flexibility index (Phi) is 15.3. The molecule has 2 saturated carbocycles. The summed E-state index contributed by atoms with van der Waals surface area (Å²) in [6, 6.07) is 10.3. The predicted molar refractivity (Wildman–Crippen MR) is 219 cm³/mol. The van der Waals surface area contributed by atoms with E-state index >= 15 is 0 Å². The molecule has 4 atom stereocenters. The van der Waals surface area contributed by atoms with Crippen LogP contribution in [0.4, 0.5) is 4.79 Å². The Morgan fingerprint density at radius 3 is 2.16 bits per heavy atom. The van der Waals surface area contributed by atoms with Crippen molar-refractivity contribution < 1.29 is 28.8 Å². The Hall–Kier alpha value is -4.52. The van der Waals surface area contributed by atoms with Crippen LogP contribution in [0.5, 0.6) is 0 Å². The molecule has 4 aliphatic rings. The van der Waals surface area contributed by atoms with Crippen molar-refractivity contribution in [2.75, 3.05) is 26.2 Å². The van der Waals surface area contributed by atoms with Gasteiger partial charge < -0.3 is 31.9 Å². The molecule has 6 rings (SSSR count). The summed E-state index contributed by atoms with van der Waals surface area (Å²) in [6.45, 7) is 2.45. The van der Waals surface area contributed by atoms with Gasteiger partial charge in [-0.25, -0.2) is 4.79 Å². The maximum atomic E-state index is 14.8. The first-order valence-electron chi connectivity index (χ1n) is 21.7. The van der Waals surface area contributed by atoms with E-state index in [1.165, 1.54) is 6.42 Å². The normalized spacial score (nSPS) is 22.0. The number of Topliss-reactive ketones (excluding diaryl/α,β-unsaturated/α-hetero) is 1. The first-order chi connectivity index (χ1) is 27.7. The van der Waals surface area contributed by atoms with Gasteiger partial charge in [-0.1, -0.05) is 88.1 Å². The summed E-state index contributed by atoms with van der Waals surface area (Å²) in [7, 11) is 0. The number of likely N-dealkylation sites (tertiary alicyclic amines) is 2. The average molecular weight is 786 g/mol. The lowest BCUT2D eigenvalue weighted by Crippen LogP contribution is -2.56. The minimum atomic E-state index is -1.16. The number of primary amides is 1. The average Bonchev–Trinajstić information content (AvgIpc) is 3.69. The number of nitrogens with two attached hydrogens (primary N) is 1.